The van der Waals surface area contributed by atoms with Gasteiger partial charge in [0.25, 0.3) is 0 Å². The SMILES string of the molecule is COc1ccc(C2(CNS(=O)(=O)c3c(C)cc(C)cc3C)CCOCC2)cc1. The third-order valence-electron chi connectivity index (χ3n) is 5.63. The van der Waals surface area contributed by atoms with Crippen LogP contribution in [0.5, 0.6) is 5.75 Å². The molecule has 1 fully saturated rings. The molecular weight excluding hydrogens is 374 g/mol. The van der Waals surface area contributed by atoms with Crippen LogP contribution in [0.25, 0.3) is 0 Å². The summed E-state index contributed by atoms with van der Waals surface area (Å²) in [5, 5.41) is 0. The lowest BCUT2D eigenvalue weighted by atomic mass is 9.74. The van der Waals surface area contributed by atoms with Gasteiger partial charge < -0.3 is 9.47 Å². The van der Waals surface area contributed by atoms with E-state index in [1.807, 2.05) is 57.2 Å². The summed E-state index contributed by atoms with van der Waals surface area (Å²) in [4.78, 5) is 0.384. The third-order valence-corrected chi connectivity index (χ3v) is 7.33. The Labute approximate surface area is 168 Å². The highest BCUT2D eigenvalue weighted by atomic mass is 32.2. The van der Waals surface area contributed by atoms with E-state index in [1.54, 1.807) is 7.11 Å². The van der Waals surface area contributed by atoms with Crippen LogP contribution in [0, 0.1) is 20.8 Å². The first-order valence-corrected chi connectivity index (χ1v) is 11.1. The van der Waals surface area contributed by atoms with Crippen molar-refractivity contribution in [2.75, 3.05) is 26.9 Å². The van der Waals surface area contributed by atoms with Gasteiger partial charge in [0.1, 0.15) is 5.75 Å². The standard InChI is InChI=1S/C22H29NO4S/c1-16-13-17(2)21(18(3)14-16)28(24,25)23-15-22(9-11-27-12-10-22)19-5-7-20(26-4)8-6-19/h5-8,13-14,23H,9-12,15H2,1-4H3. The van der Waals surface area contributed by atoms with Crippen molar-refractivity contribution in [3.8, 4) is 5.75 Å². The first-order valence-electron chi connectivity index (χ1n) is 9.57. The molecule has 5 nitrogen and oxygen atoms in total. The van der Waals surface area contributed by atoms with Gasteiger partial charge in [0.05, 0.1) is 12.0 Å². The minimum absolute atomic E-state index is 0.288. The van der Waals surface area contributed by atoms with Crippen LogP contribution in [-0.4, -0.2) is 35.3 Å². The zero-order valence-corrected chi connectivity index (χ0v) is 17.9. The molecule has 28 heavy (non-hydrogen) atoms. The van der Waals surface area contributed by atoms with Crippen molar-refractivity contribution < 1.29 is 17.9 Å². The van der Waals surface area contributed by atoms with Crippen LogP contribution < -0.4 is 9.46 Å². The van der Waals surface area contributed by atoms with Crippen molar-refractivity contribution in [1.29, 1.82) is 0 Å². The summed E-state index contributed by atoms with van der Waals surface area (Å²) < 4.78 is 40.0. The number of hydrogen-bond donors (Lipinski definition) is 1. The average Bonchev–Trinajstić information content (AvgIpc) is 2.66. The minimum Gasteiger partial charge on any atom is -0.497 e. The molecule has 3 rings (SSSR count). The molecule has 2 aromatic rings. The van der Waals surface area contributed by atoms with E-state index in [4.69, 9.17) is 9.47 Å². The Morgan fingerprint density at radius 1 is 1.04 bits per heavy atom. The van der Waals surface area contributed by atoms with Crippen LogP contribution in [0.4, 0.5) is 0 Å². The van der Waals surface area contributed by atoms with Crippen molar-refractivity contribution in [2.45, 2.75) is 43.9 Å². The summed E-state index contributed by atoms with van der Waals surface area (Å²) in [5.41, 5.74) is 3.43. The molecule has 0 amide bonds. The molecule has 0 spiro atoms. The highest BCUT2D eigenvalue weighted by Gasteiger charge is 2.36. The number of nitrogens with one attached hydrogen (secondary N) is 1. The maximum Gasteiger partial charge on any atom is 0.241 e. The lowest BCUT2D eigenvalue weighted by Crippen LogP contribution is -2.44. The topological polar surface area (TPSA) is 64.6 Å². The average molecular weight is 404 g/mol. The summed E-state index contributed by atoms with van der Waals surface area (Å²) in [6.07, 6.45) is 1.54. The molecule has 1 aliphatic rings. The fourth-order valence-corrected chi connectivity index (χ4v) is 5.75. The van der Waals surface area contributed by atoms with Crippen LogP contribution in [0.3, 0.4) is 0 Å². The van der Waals surface area contributed by atoms with E-state index in [0.29, 0.717) is 24.7 Å². The molecule has 0 aromatic heterocycles. The van der Waals surface area contributed by atoms with E-state index in [9.17, 15) is 8.42 Å². The summed E-state index contributed by atoms with van der Waals surface area (Å²) in [6, 6.07) is 11.7. The molecule has 1 aliphatic heterocycles. The van der Waals surface area contributed by atoms with E-state index in [2.05, 4.69) is 4.72 Å². The van der Waals surface area contributed by atoms with Gasteiger partial charge in [-0.25, -0.2) is 13.1 Å². The largest absolute Gasteiger partial charge is 0.497 e. The first kappa shape index (κ1) is 20.8. The maximum atomic E-state index is 13.1. The van der Waals surface area contributed by atoms with Gasteiger partial charge in [-0.1, -0.05) is 29.8 Å². The second-order valence-corrected chi connectivity index (χ2v) is 9.38. The Bertz CT molecular complexity index is 907. The number of aryl methyl sites for hydroxylation is 3. The lowest BCUT2D eigenvalue weighted by Gasteiger charge is -2.38. The number of benzene rings is 2. The lowest BCUT2D eigenvalue weighted by molar-refractivity contribution is 0.0517. The summed E-state index contributed by atoms with van der Waals surface area (Å²) in [5.74, 6) is 0.789. The number of hydrogen-bond acceptors (Lipinski definition) is 4. The fraction of sp³-hybridized carbons (Fsp3) is 0.455. The molecule has 0 aliphatic carbocycles. The summed E-state index contributed by atoms with van der Waals surface area (Å²) >= 11 is 0. The molecule has 0 atom stereocenters. The number of sulfonamides is 1. The van der Waals surface area contributed by atoms with Gasteiger partial charge in [-0.05, 0) is 62.4 Å². The van der Waals surface area contributed by atoms with Crippen LogP contribution in [0.15, 0.2) is 41.3 Å². The molecular formula is C22H29NO4S. The Kier molecular flexibility index (Phi) is 6.12. The molecule has 152 valence electrons. The van der Waals surface area contributed by atoms with Crippen LogP contribution in [-0.2, 0) is 20.2 Å². The predicted octanol–water partition coefficient (Wildman–Crippen LogP) is 3.65. The highest BCUT2D eigenvalue weighted by Crippen LogP contribution is 2.36. The molecule has 0 radical (unpaired) electrons. The number of methoxy groups -OCH3 is 1. The molecule has 1 heterocycles. The Hall–Kier alpha value is -1.89. The normalized spacial score (nSPS) is 16.7. The molecule has 1 saturated heterocycles. The van der Waals surface area contributed by atoms with E-state index in [1.165, 1.54) is 0 Å². The van der Waals surface area contributed by atoms with Crippen molar-refractivity contribution in [3.63, 3.8) is 0 Å². The zero-order valence-electron chi connectivity index (χ0n) is 17.0. The van der Waals surface area contributed by atoms with Crippen molar-refractivity contribution in [3.05, 3.63) is 58.7 Å². The van der Waals surface area contributed by atoms with Gasteiger partial charge in [-0.2, -0.15) is 0 Å². The Balaban J connectivity index is 1.90. The summed E-state index contributed by atoms with van der Waals surface area (Å²) in [6.45, 7) is 7.26. The first-order chi connectivity index (χ1) is 13.3. The van der Waals surface area contributed by atoms with Crippen LogP contribution in [0.2, 0.25) is 0 Å². The van der Waals surface area contributed by atoms with Gasteiger partial charge in [-0.3, -0.25) is 0 Å². The van der Waals surface area contributed by atoms with Crippen molar-refractivity contribution in [2.24, 2.45) is 0 Å². The number of ether oxygens (including phenoxy) is 2. The molecule has 0 unspecified atom stereocenters. The van der Waals surface area contributed by atoms with Crippen molar-refractivity contribution in [1.82, 2.24) is 4.72 Å². The van der Waals surface area contributed by atoms with E-state index in [0.717, 1.165) is 40.8 Å². The molecule has 1 N–H and O–H groups in total. The number of rotatable bonds is 6. The second-order valence-electron chi connectivity index (χ2n) is 7.67. The van der Waals surface area contributed by atoms with E-state index in [-0.39, 0.29) is 5.41 Å². The predicted molar refractivity (Wildman–Crippen MR) is 111 cm³/mol. The quantitative estimate of drug-likeness (QED) is 0.800. The van der Waals surface area contributed by atoms with Gasteiger partial charge in [0.2, 0.25) is 10.0 Å². The van der Waals surface area contributed by atoms with Gasteiger partial charge in [-0.15, -0.1) is 0 Å². The molecule has 6 heteroatoms. The molecule has 2 aromatic carbocycles. The fourth-order valence-electron chi connectivity index (χ4n) is 4.17. The maximum absolute atomic E-state index is 13.1. The monoisotopic (exact) mass is 403 g/mol. The van der Waals surface area contributed by atoms with Crippen LogP contribution >= 0.6 is 0 Å². The van der Waals surface area contributed by atoms with E-state index >= 15 is 0 Å². The van der Waals surface area contributed by atoms with Crippen LogP contribution in [0.1, 0.15) is 35.1 Å². The third kappa shape index (κ3) is 4.24. The zero-order chi connectivity index (χ0) is 20.4. The summed E-state index contributed by atoms with van der Waals surface area (Å²) in [7, 11) is -1.97. The van der Waals surface area contributed by atoms with Gasteiger partial charge >= 0.3 is 0 Å². The second kappa shape index (κ2) is 8.23. The molecule has 0 bridgehead atoms. The molecule has 0 saturated carbocycles. The van der Waals surface area contributed by atoms with Gasteiger partial charge in [0.15, 0.2) is 0 Å². The minimum atomic E-state index is -3.61. The Morgan fingerprint density at radius 3 is 2.14 bits per heavy atom. The van der Waals surface area contributed by atoms with E-state index < -0.39 is 10.0 Å². The smallest absolute Gasteiger partial charge is 0.241 e. The van der Waals surface area contributed by atoms with Crippen molar-refractivity contribution >= 4 is 10.0 Å². The van der Waals surface area contributed by atoms with Gasteiger partial charge in [0, 0.05) is 25.2 Å². The Morgan fingerprint density at radius 2 is 1.61 bits per heavy atom. The highest BCUT2D eigenvalue weighted by molar-refractivity contribution is 7.89.